The molecule has 0 bridgehead atoms. The molecule has 2 aromatic carbocycles. The Labute approximate surface area is 181 Å². The minimum absolute atomic E-state index is 0.148. The van der Waals surface area contributed by atoms with Crippen LogP contribution in [0.1, 0.15) is 29.5 Å². The third-order valence-corrected chi connectivity index (χ3v) is 5.84. The number of pyridine rings is 1. The number of aromatic nitrogens is 1. The number of hydrogen-bond acceptors (Lipinski definition) is 5. The first kappa shape index (κ1) is 19.3. The number of nitrogen functional groups attached to an aromatic ring is 1. The number of fused-ring (bicyclic) bond motifs is 1. The van der Waals surface area contributed by atoms with E-state index in [1.54, 1.807) is 18.5 Å². The minimum atomic E-state index is -0.148. The molecule has 1 fully saturated rings. The van der Waals surface area contributed by atoms with Crippen LogP contribution in [0.5, 0.6) is 0 Å². The van der Waals surface area contributed by atoms with E-state index in [1.807, 2.05) is 24.3 Å². The van der Waals surface area contributed by atoms with E-state index in [1.165, 1.54) is 31.5 Å². The molecule has 0 atom stereocenters. The number of benzene rings is 2. The van der Waals surface area contributed by atoms with Crippen molar-refractivity contribution in [1.29, 1.82) is 0 Å². The lowest BCUT2D eigenvalue weighted by Crippen LogP contribution is -2.18. The molecule has 6 nitrogen and oxygen atoms in total. The van der Waals surface area contributed by atoms with Gasteiger partial charge in [0, 0.05) is 41.4 Å². The highest BCUT2D eigenvalue weighted by molar-refractivity contribution is 6.37. The summed E-state index contributed by atoms with van der Waals surface area (Å²) in [6.07, 6.45) is 6.04. The first-order chi connectivity index (χ1) is 15.2. The Morgan fingerprint density at radius 2 is 1.77 bits per heavy atom. The Kier molecular flexibility index (Phi) is 5.14. The van der Waals surface area contributed by atoms with E-state index in [-0.39, 0.29) is 5.91 Å². The van der Waals surface area contributed by atoms with E-state index in [2.05, 4.69) is 44.8 Å². The molecular formula is C25H25N5O. The number of anilines is 3. The van der Waals surface area contributed by atoms with Crippen LogP contribution in [0, 0.1) is 0 Å². The third-order valence-electron chi connectivity index (χ3n) is 5.84. The molecule has 4 N–H and O–H groups in total. The zero-order chi connectivity index (χ0) is 21.2. The summed E-state index contributed by atoms with van der Waals surface area (Å²) in [5.41, 5.74) is 12.6. The molecule has 2 aliphatic heterocycles. The molecule has 1 saturated heterocycles. The summed E-state index contributed by atoms with van der Waals surface area (Å²) in [5, 5.41) is 6.43. The van der Waals surface area contributed by atoms with Crippen molar-refractivity contribution in [2.24, 2.45) is 0 Å². The van der Waals surface area contributed by atoms with Crippen LogP contribution in [-0.2, 0) is 11.3 Å². The maximum absolute atomic E-state index is 12.9. The molecule has 0 unspecified atom stereocenters. The quantitative estimate of drug-likeness (QED) is 0.433. The van der Waals surface area contributed by atoms with Crippen LogP contribution in [0.3, 0.4) is 0 Å². The van der Waals surface area contributed by atoms with E-state index < -0.39 is 0 Å². The number of amides is 1. The number of carbonyl (C=O) groups excluding carboxylic acids is 1. The van der Waals surface area contributed by atoms with Gasteiger partial charge in [0.25, 0.3) is 5.91 Å². The fourth-order valence-electron chi connectivity index (χ4n) is 4.27. The molecule has 1 amide bonds. The Balaban J connectivity index is 1.50. The summed E-state index contributed by atoms with van der Waals surface area (Å²) in [4.78, 5) is 19.5. The monoisotopic (exact) mass is 411 g/mol. The molecule has 5 rings (SSSR count). The van der Waals surface area contributed by atoms with E-state index in [4.69, 9.17) is 5.73 Å². The van der Waals surface area contributed by atoms with Gasteiger partial charge in [-0.2, -0.15) is 0 Å². The van der Waals surface area contributed by atoms with Crippen molar-refractivity contribution in [2.45, 2.75) is 19.4 Å². The summed E-state index contributed by atoms with van der Waals surface area (Å²) in [6, 6.07) is 17.7. The van der Waals surface area contributed by atoms with Gasteiger partial charge in [-0.05, 0) is 74.0 Å². The predicted molar refractivity (Wildman–Crippen MR) is 125 cm³/mol. The van der Waals surface area contributed by atoms with Crippen LogP contribution < -0.4 is 16.4 Å². The van der Waals surface area contributed by atoms with Crippen LogP contribution in [0.25, 0.3) is 11.3 Å². The molecule has 1 aromatic heterocycles. The van der Waals surface area contributed by atoms with Crippen LogP contribution in [0.4, 0.5) is 17.1 Å². The maximum Gasteiger partial charge on any atom is 0.258 e. The highest BCUT2D eigenvalue weighted by atomic mass is 16.2. The van der Waals surface area contributed by atoms with Crippen molar-refractivity contribution >= 4 is 34.2 Å². The van der Waals surface area contributed by atoms with Gasteiger partial charge in [-0.15, -0.1) is 0 Å². The molecule has 0 aliphatic carbocycles. The van der Waals surface area contributed by atoms with Crippen LogP contribution in [0.2, 0.25) is 0 Å². The maximum atomic E-state index is 12.9. The Hall–Kier alpha value is -3.64. The average Bonchev–Trinajstić information content (AvgIpc) is 3.40. The normalized spacial score (nSPS) is 17.4. The molecule has 0 spiro atoms. The fraction of sp³-hybridized carbons (Fsp3) is 0.200. The summed E-state index contributed by atoms with van der Waals surface area (Å²) < 4.78 is 0. The number of nitrogens with one attached hydrogen (secondary N) is 2. The van der Waals surface area contributed by atoms with Crippen LogP contribution in [0.15, 0.2) is 67.0 Å². The lowest BCUT2D eigenvalue weighted by atomic mass is 10.0. The average molecular weight is 412 g/mol. The van der Waals surface area contributed by atoms with Gasteiger partial charge in [-0.1, -0.05) is 12.1 Å². The van der Waals surface area contributed by atoms with Crippen LogP contribution >= 0.6 is 0 Å². The Morgan fingerprint density at radius 3 is 2.52 bits per heavy atom. The van der Waals surface area contributed by atoms with Gasteiger partial charge in [-0.25, -0.2) is 0 Å². The van der Waals surface area contributed by atoms with E-state index in [0.717, 1.165) is 34.7 Å². The Morgan fingerprint density at radius 1 is 1.03 bits per heavy atom. The van der Waals surface area contributed by atoms with Crippen molar-refractivity contribution < 1.29 is 4.79 Å². The number of likely N-dealkylation sites (tertiary alicyclic amines) is 1. The third kappa shape index (κ3) is 4.02. The number of nitrogens with zero attached hydrogens (tertiary/aromatic N) is 2. The smallest absolute Gasteiger partial charge is 0.258 e. The second-order valence-electron chi connectivity index (χ2n) is 8.05. The van der Waals surface area contributed by atoms with E-state index in [0.29, 0.717) is 11.3 Å². The van der Waals surface area contributed by atoms with Crippen molar-refractivity contribution in [3.8, 4) is 0 Å². The van der Waals surface area contributed by atoms with Crippen molar-refractivity contribution in [2.75, 3.05) is 29.5 Å². The lowest BCUT2D eigenvalue weighted by Gasteiger charge is -2.17. The van der Waals surface area contributed by atoms with Gasteiger partial charge in [0.1, 0.15) is 0 Å². The molecule has 0 saturated carbocycles. The zero-order valence-electron chi connectivity index (χ0n) is 17.3. The standard InChI is InChI=1S/C25H25N5O/c26-19-5-8-21-22(15-19)29-25(31)23(21)24(18-9-11-27-12-10-18)28-20-6-3-17(4-7-20)16-30-13-1-2-14-30/h3-12,15,28H,1-2,13-14,16,26H2,(H,29,31)/b24-23-. The van der Waals surface area contributed by atoms with Crippen molar-refractivity contribution in [3.05, 3.63) is 83.7 Å². The molecule has 0 radical (unpaired) electrons. The largest absolute Gasteiger partial charge is 0.399 e. The predicted octanol–water partition coefficient (Wildman–Crippen LogP) is 4.19. The topological polar surface area (TPSA) is 83.3 Å². The van der Waals surface area contributed by atoms with Crippen molar-refractivity contribution in [1.82, 2.24) is 9.88 Å². The molecular weight excluding hydrogens is 386 g/mol. The summed E-state index contributed by atoms with van der Waals surface area (Å²) in [6.45, 7) is 3.34. The molecule has 156 valence electrons. The second kappa shape index (κ2) is 8.24. The van der Waals surface area contributed by atoms with E-state index in [9.17, 15) is 4.79 Å². The summed E-state index contributed by atoms with van der Waals surface area (Å²) in [7, 11) is 0. The van der Waals surface area contributed by atoms with Gasteiger partial charge in [0.15, 0.2) is 0 Å². The summed E-state index contributed by atoms with van der Waals surface area (Å²) >= 11 is 0. The number of carbonyl (C=O) groups is 1. The first-order valence-corrected chi connectivity index (χ1v) is 10.6. The van der Waals surface area contributed by atoms with Gasteiger partial charge >= 0.3 is 0 Å². The molecule has 31 heavy (non-hydrogen) atoms. The molecule has 3 aromatic rings. The van der Waals surface area contributed by atoms with Crippen molar-refractivity contribution in [3.63, 3.8) is 0 Å². The van der Waals surface area contributed by atoms with E-state index >= 15 is 0 Å². The Bertz CT molecular complexity index is 1130. The summed E-state index contributed by atoms with van der Waals surface area (Å²) in [5.74, 6) is -0.148. The fourth-order valence-corrected chi connectivity index (χ4v) is 4.27. The zero-order valence-corrected chi connectivity index (χ0v) is 17.3. The molecule has 3 heterocycles. The number of rotatable bonds is 5. The first-order valence-electron chi connectivity index (χ1n) is 10.6. The second-order valence-corrected chi connectivity index (χ2v) is 8.05. The number of nitrogens with two attached hydrogens (primary N) is 1. The SMILES string of the molecule is Nc1ccc2c(c1)NC(=O)/C2=C(\Nc1ccc(CN2CCCC2)cc1)c1ccncc1. The van der Waals surface area contributed by atoms with Gasteiger partial charge in [0.05, 0.1) is 17.0 Å². The van der Waals surface area contributed by atoms with Gasteiger partial charge < -0.3 is 16.4 Å². The highest BCUT2D eigenvalue weighted by Crippen LogP contribution is 2.38. The number of hydrogen-bond donors (Lipinski definition) is 3. The molecule has 2 aliphatic rings. The minimum Gasteiger partial charge on any atom is -0.399 e. The lowest BCUT2D eigenvalue weighted by molar-refractivity contribution is -0.110. The van der Waals surface area contributed by atoms with Gasteiger partial charge in [0.2, 0.25) is 0 Å². The highest BCUT2D eigenvalue weighted by Gasteiger charge is 2.28. The van der Waals surface area contributed by atoms with Gasteiger partial charge in [-0.3, -0.25) is 14.7 Å². The van der Waals surface area contributed by atoms with Crippen LogP contribution in [-0.4, -0.2) is 28.9 Å². The molecule has 6 heteroatoms.